The van der Waals surface area contributed by atoms with Crippen molar-refractivity contribution in [3.63, 3.8) is 0 Å². The highest BCUT2D eigenvalue weighted by molar-refractivity contribution is 7.80. The van der Waals surface area contributed by atoms with Crippen LogP contribution in [-0.2, 0) is 10.4 Å². The van der Waals surface area contributed by atoms with E-state index in [4.69, 9.17) is 10.3 Å². The Morgan fingerprint density at radius 3 is 2.38 bits per heavy atom. The first-order valence-corrected chi connectivity index (χ1v) is 6.98. The molecule has 4 N–H and O–H groups in total. The molecule has 1 rings (SSSR count). The van der Waals surface area contributed by atoms with E-state index in [-0.39, 0.29) is 11.4 Å². The molecule has 0 aliphatic heterocycles. The molecule has 1 aromatic rings. The summed E-state index contributed by atoms with van der Waals surface area (Å²) in [4.78, 5) is 5.85. The summed E-state index contributed by atoms with van der Waals surface area (Å²) < 4.78 is 35.2. The summed E-state index contributed by atoms with van der Waals surface area (Å²) >= 11 is 0. The summed E-state index contributed by atoms with van der Waals surface area (Å²) in [6.07, 6.45) is 3.37. The summed E-state index contributed by atoms with van der Waals surface area (Å²) in [5.74, 6) is 0.297. The average molecular weight is 318 g/mol. The van der Waals surface area contributed by atoms with Gasteiger partial charge in [0.2, 0.25) is 5.82 Å². The Kier molecular flexibility index (Phi) is 6.79. The van der Waals surface area contributed by atoms with Gasteiger partial charge in [-0.15, -0.1) is 13.2 Å². The van der Waals surface area contributed by atoms with Gasteiger partial charge in [0.15, 0.2) is 0 Å². The van der Waals surface area contributed by atoms with E-state index in [1.165, 1.54) is 0 Å². The molecule has 0 saturated carbocycles. The molecule has 0 unspecified atom stereocenters. The van der Waals surface area contributed by atoms with Crippen molar-refractivity contribution in [1.29, 1.82) is 0 Å². The van der Waals surface area contributed by atoms with Gasteiger partial charge in [-0.2, -0.15) is 8.42 Å². The maximum Gasteiger partial charge on any atom is 0.476 e. The number of anilines is 2. The van der Waals surface area contributed by atoms with E-state index in [0.29, 0.717) is 24.6 Å². The Bertz CT molecular complexity index is 584. The van der Waals surface area contributed by atoms with Gasteiger partial charge < -0.3 is 10.4 Å². The van der Waals surface area contributed by atoms with Crippen LogP contribution in [0.3, 0.4) is 0 Å². The highest BCUT2D eigenvalue weighted by atomic mass is 32.3. The molecule has 9 nitrogen and oxygen atoms in total. The van der Waals surface area contributed by atoms with E-state index < -0.39 is 10.4 Å². The van der Waals surface area contributed by atoms with E-state index in [1.807, 2.05) is 4.90 Å². The molecule has 21 heavy (non-hydrogen) atoms. The maximum absolute atomic E-state index is 10.7. The van der Waals surface area contributed by atoms with Crippen molar-refractivity contribution in [3.8, 4) is 0 Å². The van der Waals surface area contributed by atoms with Crippen molar-refractivity contribution < 1.29 is 27.5 Å². The highest BCUT2D eigenvalue weighted by Gasteiger charge is 2.22. The van der Waals surface area contributed by atoms with Crippen LogP contribution in [0, 0.1) is 6.92 Å². The van der Waals surface area contributed by atoms with Crippen LogP contribution in [0.1, 0.15) is 5.69 Å². The summed E-state index contributed by atoms with van der Waals surface area (Å²) in [7, 11) is -4.68. The zero-order chi connectivity index (χ0) is 15.3. The molecule has 0 aliphatic carbocycles. The second kappa shape index (κ2) is 7.57. The topological polar surface area (TPSA) is 140 Å². The lowest BCUT2D eigenvalue weighted by Crippen LogP contribution is -2.51. The standard InChI is InChI=1S/C11H16N4O4S.H2O/c1-4-6-14(7-5-2)10-8-9(3)15(11(12)13-10)19-20(16,17)18;/h4-5,8,12H,1-2,6-7H2,3H3,(H,16,17,18);1H2. The second-order valence-electron chi connectivity index (χ2n) is 3.89. The molecule has 1 aromatic heterocycles. The fraction of sp³-hybridized carbons (Fsp3) is 0.273. The minimum Gasteiger partial charge on any atom is -0.870 e. The molecule has 0 amide bonds. The molecule has 0 radical (unpaired) electrons. The predicted octanol–water partition coefficient (Wildman–Crippen LogP) is -0.507. The predicted molar refractivity (Wildman–Crippen MR) is 76.3 cm³/mol. The Balaban J connectivity index is 0.00000400. The quantitative estimate of drug-likeness (QED) is 0.389. The van der Waals surface area contributed by atoms with Crippen LogP contribution in [0.5, 0.6) is 0 Å². The number of nitrogens with zero attached hydrogens (tertiary/aromatic N) is 3. The van der Waals surface area contributed by atoms with E-state index in [9.17, 15) is 8.42 Å². The lowest BCUT2D eigenvalue weighted by atomic mass is 10.3. The fourth-order valence-corrected chi connectivity index (χ4v) is 1.93. The SMILES string of the molecule is C=CCN(CC=C)c1cc(C)[n+](OS(=O)(=O)O)c(N)n1.[OH-]. The number of hydrogen-bond acceptors (Lipinski definition) is 7. The maximum atomic E-state index is 10.7. The Morgan fingerprint density at radius 2 is 2.00 bits per heavy atom. The molecule has 0 aliphatic rings. The first-order chi connectivity index (χ1) is 9.28. The molecule has 0 fully saturated rings. The van der Waals surface area contributed by atoms with Crippen molar-refractivity contribution in [1.82, 2.24) is 4.98 Å². The number of nitrogens with two attached hydrogens (primary N) is 1. The van der Waals surface area contributed by atoms with E-state index in [1.54, 1.807) is 25.1 Å². The van der Waals surface area contributed by atoms with Crippen LogP contribution in [0.2, 0.25) is 0 Å². The third-order valence-electron chi connectivity index (χ3n) is 2.29. The normalized spacial score (nSPS) is 10.4. The highest BCUT2D eigenvalue weighted by Crippen LogP contribution is 2.12. The smallest absolute Gasteiger partial charge is 0.476 e. The molecule has 0 atom stereocenters. The molecule has 0 aromatic carbocycles. The minimum absolute atomic E-state index is 0. The molecule has 0 saturated heterocycles. The molecule has 118 valence electrons. The van der Waals surface area contributed by atoms with Gasteiger partial charge in [0.1, 0.15) is 5.69 Å². The van der Waals surface area contributed by atoms with Crippen LogP contribution in [0.25, 0.3) is 0 Å². The monoisotopic (exact) mass is 318 g/mol. The zero-order valence-corrected chi connectivity index (χ0v) is 12.3. The van der Waals surface area contributed by atoms with E-state index in [2.05, 4.69) is 22.4 Å². The summed E-state index contributed by atoms with van der Waals surface area (Å²) in [6, 6.07) is 1.56. The molecule has 0 spiro atoms. The minimum atomic E-state index is -4.68. The van der Waals surface area contributed by atoms with Crippen LogP contribution >= 0.6 is 0 Å². The fourth-order valence-electron chi connectivity index (χ4n) is 1.55. The van der Waals surface area contributed by atoms with Gasteiger partial charge in [0.25, 0.3) is 0 Å². The third kappa shape index (κ3) is 5.38. The molecular formula is C11H18N4O5S. The Labute approximate surface area is 123 Å². The number of aromatic nitrogens is 2. The van der Waals surface area contributed by atoms with Gasteiger partial charge in [-0.3, -0.25) is 10.3 Å². The van der Waals surface area contributed by atoms with Crippen molar-refractivity contribution in [2.45, 2.75) is 6.92 Å². The van der Waals surface area contributed by atoms with E-state index in [0.717, 1.165) is 4.73 Å². The Hall–Kier alpha value is -2.17. The third-order valence-corrected chi connectivity index (χ3v) is 2.62. The van der Waals surface area contributed by atoms with Gasteiger partial charge in [-0.25, -0.2) is 4.28 Å². The van der Waals surface area contributed by atoms with Crippen molar-refractivity contribution in [2.24, 2.45) is 0 Å². The van der Waals surface area contributed by atoms with Gasteiger partial charge in [0.05, 0.1) is 0 Å². The number of hydrogen-bond donors (Lipinski definition) is 2. The molecule has 1 heterocycles. The first-order valence-electron chi connectivity index (χ1n) is 5.61. The number of rotatable bonds is 7. The Morgan fingerprint density at radius 1 is 1.48 bits per heavy atom. The molecule has 0 bridgehead atoms. The average Bonchev–Trinajstić information content (AvgIpc) is 2.32. The van der Waals surface area contributed by atoms with Gasteiger partial charge in [-0.05, 0) is 11.7 Å². The summed E-state index contributed by atoms with van der Waals surface area (Å²) in [6.45, 7) is 9.88. The first kappa shape index (κ1) is 18.8. The second-order valence-corrected chi connectivity index (χ2v) is 4.90. The van der Waals surface area contributed by atoms with Gasteiger partial charge >= 0.3 is 16.3 Å². The van der Waals surface area contributed by atoms with Gasteiger partial charge in [0, 0.05) is 19.2 Å². The molecular weight excluding hydrogens is 300 g/mol. The lowest BCUT2D eigenvalue weighted by Gasteiger charge is -2.18. The van der Waals surface area contributed by atoms with E-state index >= 15 is 0 Å². The molecule has 10 heteroatoms. The van der Waals surface area contributed by atoms with Gasteiger partial charge in [-0.1, -0.05) is 17.1 Å². The number of aryl methyl sites for hydroxylation is 1. The summed E-state index contributed by atoms with van der Waals surface area (Å²) in [5.41, 5.74) is 5.98. The van der Waals surface area contributed by atoms with Crippen LogP contribution in [0.4, 0.5) is 11.8 Å². The van der Waals surface area contributed by atoms with Crippen LogP contribution in [0.15, 0.2) is 31.4 Å². The summed E-state index contributed by atoms with van der Waals surface area (Å²) in [5, 5.41) is 0. The van der Waals surface area contributed by atoms with Crippen molar-refractivity contribution in [3.05, 3.63) is 37.1 Å². The van der Waals surface area contributed by atoms with Crippen LogP contribution < -0.4 is 19.6 Å². The largest absolute Gasteiger partial charge is 0.870 e. The number of nitrogen functional groups attached to an aromatic ring is 1. The van der Waals surface area contributed by atoms with Crippen LogP contribution in [-0.4, -0.2) is 36.5 Å². The van der Waals surface area contributed by atoms with Crippen molar-refractivity contribution >= 4 is 22.2 Å². The van der Waals surface area contributed by atoms with Crippen molar-refractivity contribution in [2.75, 3.05) is 23.7 Å². The zero-order valence-electron chi connectivity index (χ0n) is 11.5. The lowest BCUT2D eigenvalue weighted by molar-refractivity contribution is -0.851.